The van der Waals surface area contributed by atoms with Gasteiger partial charge in [0.25, 0.3) is 11.8 Å². The molecule has 4 rings (SSSR count). The average Bonchev–Trinajstić information content (AvgIpc) is 3.42. The van der Waals surface area contributed by atoms with E-state index in [0.717, 1.165) is 12.0 Å². The highest BCUT2D eigenvalue weighted by Gasteiger charge is 2.31. The first kappa shape index (κ1) is 23.7. The molecule has 0 bridgehead atoms. The highest BCUT2D eigenvalue weighted by molar-refractivity contribution is 8.26. The molecule has 3 amide bonds. The third-order valence-electron chi connectivity index (χ3n) is 5.09. The van der Waals surface area contributed by atoms with E-state index >= 15 is 0 Å². The number of pyridine rings is 1. The number of carbonyl (C=O) groups excluding carboxylic acids is 3. The molecule has 0 aliphatic carbocycles. The standard InChI is InChI=1S/C23H22N4O5S2/c28-20(25-26-21(29)16-5-4-9-24-13-16)6-2-1-3-10-27-22(30)19(34-23(27)33)12-15-7-8-17-18(11-15)32-14-31-17/h4-5,7-9,11-13H,1-3,6,10,14H2,(H,25,28)(H,26,29). The van der Waals surface area contributed by atoms with Gasteiger partial charge in [-0.1, -0.05) is 36.5 Å². The zero-order valence-corrected chi connectivity index (χ0v) is 19.7. The summed E-state index contributed by atoms with van der Waals surface area (Å²) in [7, 11) is 0. The number of thiocarbonyl (C=S) groups is 1. The molecule has 2 aliphatic rings. The van der Waals surface area contributed by atoms with E-state index in [1.807, 2.05) is 18.2 Å². The van der Waals surface area contributed by atoms with Crippen LogP contribution in [0.3, 0.4) is 0 Å². The second-order valence-corrected chi connectivity index (χ2v) is 9.18. The summed E-state index contributed by atoms with van der Waals surface area (Å²) in [5.74, 6) is 0.516. The highest BCUT2D eigenvalue weighted by atomic mass is 32.2. The first-order chi connectivity index (χ1) is 16.5. The van der Waals surface area contributed by atoms with E-state index in [2.05, 4.69) is 15.8 Å². The fourth-order valence-electron chi connectivity index (χ4n) is 3.34. The Labute approximate surface area is 205 Å². The molecule has 1 saturated heterocycles. The van der Waals surface area contributed by atoms with Gasteiger partial charge in [-0.25, -0.2) is 0 Å². The SMILES string of the molecule is O=C(CCCCCN1C(=O)C(=Cc2ccc3c(c2)OCO3)SC1=S)NNC(=O)c1cccnc1. The number of aromatic nitrogens is 1. The van der Waals surface area contributed by atoms with Crippen LogP contribution in [0.1, 0.15) is 41.6 Å². The van der Waals surface area contributed by atoms with Crippen LogP contribution < -0.4 is 20.3 Å². The zero-order valence-electron chi connectivity index (χ0n) is 18.1. The molecule has 0 saturated carbocycles. The summed E-state index contributed by atoms with van der Waals surface area (Å²) in [5.41, 5.74) is 5.95. The van der Waals surface area contributed by atoms with Crippen LogP contribution in [-0.2, 0) is 9.59 Å². The molecule has 0 spiro atoms. The molecule has 11 heteroatoms. The van der Waals surface area contributed by atoms with Crippen molar-refractivity contribution in [3.63, 3.8) is 0 Å². The molecule has 0 unspecified atom stereocenters. The summed E-state index contributed by atoms with van der Waals surface area (Å²) in [4.78, 5) is 42.6. The number of carbonyl (C=O) groups is 3. The van der Waals surface area contributed by atoms with Crippen molar-refractivity contribution in [2.45, 2.75) is 25.7 Å². The fourth-order valence-corrected chi connectivity index (χ4v) is 4.65. The molecule has 3 heterocycles. The van der Waals surface area contributed by atoms with Gasteiger partial charge >= 0.3 is 0 Å². The molecule has 2 N–H and O–H groups in total. The number of ether oxygens (including phenoxy) is 2. The van der Waals surface area contributed by atoms with Gasteiger partial charge in [-0.3, -0.25) is 35.1 Å². The molecule has 2 aromatic rings. The van der Waals surface area contributed by atoms with Crippen LogP contribution in [0.2, 0.25) is 0 Å². The number of benzene rings is 1. The van der Waals surface area contributed by atoms with Crippen molar-refractivity contribution >= 4 is 52.1 Å². The molecule has 1 aromatic heterocycles. The van der Waals surface area contributed by atoms with E-state index in [1.54, 1.807) is 29.3 Å². The van der Waals surface area contributed by atoms with Crippen LogP contribution in [0.15, 0.2) is 47.6 Å². The third kappa shape index (κ3) is 5.91. The summed E-state index contributed by atoms with van der Waals surface area (Å²) >= 11 is 6.66. The van der Waals surface area contributed by atoms with E-state index in [9.17, 15) is 14.4 Å². The Kier molecular flexibility index (Phi) is 7.76. The van der Waals surface area contributed by atoms with Crippen LogP contribution in [0, 0.1) is 0 Å². The molecule has 1 fully saturated rings. The summed E-state index contributed by atoms with van der Waals surface area (Å²) in [6.07, 6.45) is 7.10. The van der Waals surface area contributed by atoms with Crippen LogP contribution in [-0.4, -0.2) is 45.3 Å². The predicted molar refractivity (Wildman–Crippen MR) is 131 cm³/mol. The van der Waals surface area contributed by atoms with Crippen LogP contribution >= 0.6 is 24.0 Å². The predicted octanol–water partition coefficient (Wildman–Crippen LogP) is 3.03. The van der Waals surface area contributed by atoms with Gasteiger partial charge in [0, 0.05) is 25.4 Å². The molecule has 0 radical (unpaired) electrons. The summed E-state index contributed by atoms with van der Waals surface area (Å²) in [5, 5.41) is 0. The lowest BCUT2D eigenvalue weighted by Crippen LogP contribution is -2.41. The quantitative estimate of drug-likeness (QED) is 0.247. The number of hydrogen-bond acceptors (Lipinski definition) is 8. The van der Waals surface area contributed by atoms with Gasteiger partial charge in [-0.15, -0.1) is 0 Å². The first-order valence-electron chi connectivity index (χ1n) is 10.7. The van der Waals surface area contributed by atoms with Crippen molar-refractivity contribution in [1.29, 1.82) is 0 Å². The van der Waals surface area contributed by atoms with Gasteiger partial charge in [0.15, 0.2) is 11.5 Å². The van der Waals surface area contributed by atoms with Crippen molar-refractivity contribution in [2.75, 3.05) is 13.3 Å². The number of hydrazine groups is 1. The smallest absolute Gasteiger partial charge is 0.271 e. The minimum absolute atomic E-state index is 0.122. The van der Waals surface area contributed by atoms with E-state index in [4.69, 9.17) is 21.7 Å². The summed E-state index contributed by atoms with van der Waals surface area (Å²) in [6, 6.07) is 8.76. The van der Waals surface area contributed by atoms with Crippen molar-refractivity contribution in [1.82, 2.24) is 20.7 Å². The van der Waals surface area contributed by atoms with Gasteiger partial charge in [0.2, 0.25) is 12.7 Å². The first-order valence-corrected chi connectivity index (χ1v) is 11.9. The second kappa shape index (κ2) is 11.1. The van der Waals surface area contributed by atoms with Crippen LogP contribution in [0.25, 0.3) is 6.08 Å². The van der Waals surface area contributed by atoms with E-state index in [1.165, 1.54) is 18.0 Å². The number of nitrogens with one attached hydrogen (secondary N) is 2. The maximum atomic E-state index is 12.8. The number of thioether (sulfide) groups is 1. The van der Waals surface area contributed by atoms with Crippen molar-refractivity contribution < 1.29 is 23.9 Å². The normalized spacial score (nSPS) is 15.6. The van der Waals surface area contributed by atoms with Gasteiger partial charge in [-0.05, 0) is 48.7 Å². The fraction of sp³-hybridized carbons (Fsp3) is 0.261. The number of amides is 3. The largest absolute Gasteiger partial charge is 0.454 e. The number of hydrogen-bond donors (Lipinski definition) is 2. The zero-order chi connectivity index (χ0) is 23.9. The van der Waals surface area contributed by atoms with Crippen molar-refractivity contribution in [3.8, 4) is 11.5 Å². The second-order valence-electron chi connectivity index (χ2n) is 7.50. The Morgan fingerprint density at radius 1 is 1.15 bits per heavy atom. The minimum Gasteiger partial charge on any atom is -0.454 e. The molecule has 2 aliphatic heterocycles. The van der Waals surface area contributed by atoms with Crippen molar-refractivity contribution in [3.05, 3.63) is 58.8 Å². The lowest BCUT2D eigenvalue weighted by Gasteiger charge is -2.14. The van der Waals surface area contributed by atoms with E-state index in [0.29, 0.717) is 45.7 Å². The Bertz CT molecular complexity index is 1140. The maximum Gasteiger partial charge on any atom is 0.271 e. The average molecular weight is 499 g/mol. The van der Waals surface area contributed by atoms with Crippen LogP contribution in [0.4, 0.5) is 0 Å². The molecular formula is C23H22N4O5S2. The number of fused-ring (bicyclic) bond motifs is 1. The molecule has 0 atom stereocenters. The number of rotatable bonds is 8. The van der Waals surface area contributed by atoms with E-state index in [-0.39, 0.29) is 25.0 Å². The topological polar surface area (TPSA) is 110 Å². The summed E-state index contributed by atoms with van der Waals surface area (Å²) < 4.78 is 11.2. The van der Waals surface area contributed by atoms with Gasteiger partial charge in [-0.2, -0.15) is 0 Å². The Hall–Kier alpha value is -3.44. The van der Waals surface area contributed by atoms with Crippen molar-refractivity contribution in [2.24, 2.45) is 0 Å². The third-order valence-corrected chi connectivity index (χ3v) is 6.47. The maximum absolute atomic E-state index is 12.8. The lowest BCUT2D eigenvalue weighted by molar-refractivity contribution is -0.123. The van der Waals surface area contributed by atoms with Gasteiger partial charge < -0.3 is 9.47 Å². The Morgan fingerprint density at radius 3 is 2.82 bits per heavy atom. The van der Waals surface area contributed by atoms with E-state index < -0.39 is 5.91 Å². The van der Waals surface area contributed by atoms with Crippen LogP contribution in [0.5, 0.6) is 11.5 Å². The number of nitrogens with zero attached hydrogens (tertiary/aromatic N) is 2. The number of unbranched alkanes of at least 4 members (excludes halogenated alkanes) is 2. The minimum atomic E-state index is -0.426. The molecular weight excluding hydrogens is 476 g/mol. The monoisotopic (exact) mass is 498 g/mol. The highest BCUT2D eigenvalue weighted by Crippen LogP contribution is 2.36. The van der Waals surface area contributed by atoms with Gasteiger partial charge in [0.1, 0.15) is 4.32 Å². The molecule has 34 heavy (non-hydrogen) atoms. The molecule has 1 aromatic carbocycles. The lowest BCUT2D eigenvalue weighted by atomic mass is 10.1. The van der Waals surface area contributed by atoms with Gasteiger partial charge in [0.05, 0.1) is 10.5 Å². The Morgan fingerprint density at radius 2 is 2.00 bits per heavy atom. The molecule has 176 valence electrons. The Balaban J connectivity index is 1.17. The molecule has 9 nitrogen and oxygen atoms in total. The summed E-state index contributed by atoms with van der Waals surface area (Å²) in [6.45, 7) is 0.686.